The predicted molar refractivity (Wildman–Crippen MR) is 79.7 cm³/mol. The van der Waals surface area contributed by atoms with Crippen LogP contribution >= 0.6 is 0 Å². The number of para-hydroxylation sites is 1. The highest BCUT2D eigenvalue weighted by atomic mass is 32.2. The molecule has 0 unspecified atom stereocenters. The maximum absolute atomic E-state index is 12.2. The van der Waals surface area contributed by atoms with Crippen molar-refractivity contribution in [1.29, 1.82) is 0 Å². The molecule has 0 saturated heterocycles. The van der Waals surface area contributed by atoms with Crippen molar-refractivity contribution in [2.24, 2.45) is 7.05 Å². The molecule has 0 aliphatic carbocycles. The van der Waals surface area contributed by atoms with Crippen LogP contribution in [0.1, 0.15) is 18.2 Å². The second-order valence-electron chi connectivity index (χ2n) is 4.58. The Labute approximate surface area is 118 Å². The van der Waals surface area contributed by atoms with E-state index >= 15 is 0 Å². The minimum absolute atomic E-state index is 0.155. The highest BCUT2D eigenvalue weighted by molar-refractivity contribution is 7.91. The van der Waals surface area contributed by atoms with Crippen molar-refractivity contribution >= 4 is 21.4 Å². The molecule has 6 nitrogen and oxygen atoms in total. The van der Waals surface area contributed by atoms with Gasteiger partial charge in [-0.05, 0) is 18.1 Å². The van der Waals surface area contributed by atoms with Gasteiger partial charge in [-0.3, -0.25) is 9.40 Å². The Morgan fingerprint density at radius 2 is 2.05 bits per heavy atom. The van der Waals surface area contributed by atoms with Gasteiger partial charge in [0.15, 0.2) is 0 Å². The molecule has 0 radical (unpaired) electrons. The molecule has 0 atom stereocenters. The zero-order chi connectivity index (χ0) is 14.8. The van der Waals surface area contributed by atoms with Crippen LogP contribution in [0.5, 0.6) is 0 Å². The van der Waals surface area contributed by atoms with Crippen LogP contribution in [0.3, 0.4) is 0 Å². The number of anilines is 2. The molecule has 0 amide bonds. The number of rotatable bonds is 5. The van der Waals surface area contributed by atoms with Gasteiger partial charge < -0.3 is 5.73 Å². The topological polar surface area (TPSA) is 90.0 Å². The fraction of sp³-hybridized carbons (Fsp3) is 0.308. The van der Waals surface area contributed by atoms with Crippen molar-refractivity contribution in [2.75, 3.05) is 10.5 Å². The van der Waals surface area contributed by atoms with Gasteiger partial charge in [0.05, 0.1) is 17.1 Å². The van der Waals surface area contributed by atoms with E-state index in [4.69, 9.17) is 5.73 Å². The third-order valence-corrected chi connectivity index (χ3v) is 4.13. The molecular weight excluding hydrogens is 276 g/mol. The molecule has 0 bridgehead atoms. The van der Waals surface area contributed by atoms with Gasteiger partial charge in [-0.15, -0.1) is 0 Å². The number of hydrogen-bond acceptors (Lipinski definition) is 4. The molecule has 3 N–H and O–H groups in total. The summed E-state index contributed by atoms with van der Waals surface area (Å²) in [6.45, 7) is 1.93. The van der Waals surface area contributed by atoms with E-state index < -0.39 is 10.0 Å². The minimum Gasteiger partial charge on any atom is -0.398 e. The normalized spacial score (nSPS) is 11.5. The summed E-state index contributed by atoms with van der Waals surface area (Å²) in [7, 11) is -1.76. The van der Waals surface area contributed by atoms with Crippen molar-refractivity contribution in [3.63, 3.8) is 0 Å². The predicted octanol–water partition coefficient (Wildman–Crippen LogP) is 1.51. The van der Waals surface area contributed by atoms with E-state index in [9.17, 15) is 8.42 Å². The first-order chi connectivity index (χ1) is 9.41. The van der Waals surface area contributed by atoms with Crippen molar-refractivity contribution in [3.8, 4) is 0 Å². The quantitative estimate of drug-likeness (QED) is 0.818. The number of nitrogens with zero attached hydrogens (tertiary/aromatic N) is 2. The summed E-state index contributed by atoms with van der Waals surface area (Å²) < 4.78 is 28.5. The van der Waals surface area contributed by atoms with Crippen molar-refractivity contribution in [2.45, 2.75) is 19.1 Å². The smallest absolute Gasteiger partial charge is 0.237 e. The summed E-state index contributed by atoms with van der Waals surface area (Å²) in [5, 5.41) is 4.20. The number of nitrogen functional groups attached to an aromatic ring is 1. The van der Waals surface area contributed by atoms with Gasteiger partial charge in [0.2, 0.25) is 10.0 Å². The molecule has 0 aliphatic heterocycles. The molecular formula is C13H18N4O2S. The lowest BCUT2D eigenvalue weighted by Crippen LogP contribution is -2.16. The number of aryl methyl sites for hydroxylation is 2. The number of hydrogen-bond donors (Lipinski definition) is 2. The largest absolute Gasteiger partial charge is 0.398 e. The molecule has 0 aliphatic rings. The Hall–Kier alpha value is -2.02. The molecule has 1 aromatic heterocycles. The minimum atomic E-state index is -3.51. The van der Waals surface area contributed by atoms with Gasteiger partial charge in [0.25, 0.3) is 0 Å². The first-order valence-electron chi connectivity index (χ1n) is 6.27. The van der Waals surface area contributed by atoms with E-state index in [2.05, 4.69) is 9.82 Å². The number of sulfonamides is 1. The molecule has 7 heteroatoms. The average molecular weight is 294 g/mol. The molecule has 0 saturated carbocycles. The molecule has 2 aromatic rings. The molecule has 2 rings (SSSR count). The second kappa shape index (κ2) is 5.54. The van der Waals surface area contributed by atoms with Crippen molar-refractivity contribution < 1.29 is 8.42 Å². The summed E-state index contributed by atoms with van der Waals surface area (Å²) >= 11 is 0. The lowest BCUT2D eigenvalue weighted by Gasteiger charge is -2.09. The molecule has 108 valence electrons. The van der Waals surface area contributed by atoms with E-state index in [1.807, 2.05) is 6.92 Å². The van der Waals surface area contributed by atoms with Crippen LogP contribution in [-0.2, 0) is 29.2 Å². The van der Waals surface area contributed by atoms with Crippen LogP contribution in [0.4, 0.5) is 11.4 Å². The Kier molecular flexibility index (Phi) is 3.99. The van der Waals surface area contributed by atoms with Gasteiger partial charge in [-0.2, -0.15) is 5.10 Å². The fourth-order valence-corrected chi connectivity index (χ4v) is 3.20. The van der Waals surface area contributed by atoms with Gasteiger partial charge in [-0.25, -0.2) is 8.42 Å². The van der Waals surface area contributed by atoms with E-state index in [0.717, 1.165) is 5.69 Å². The SMILES string of the molecule is CCc1nn(C)cc1NS(=O)(=O)Cc1ccccc1N. The van der Waals surface area contributed by atoms with Crippen LogP contribution in [0.15, 0.2) is 30.5 Å². The Balaban J connectivity index is 2.21. The number of nitrogens with two attached hydrogens (primary N) is 1. The molecule has 1 heterocycles. The van der Waals surface area contributed by atoms with Crippen molar-refractivity contribution in [1.82, 2.24) is 9.78 Å². The number of aromatic nitrogens is 2. The monoisotopic (exact) mass is 294 g/mol. The van der Waals surface area contributed by atoms with E-state index in [1.54, 1.807) is 42.2 Å². The van der Waals surface area contributed by atoms with Crippen LogP contribution in [0, 0.1) is 0 Å². The zero-order valence-electron chi connectivity index (χ0n) is 11.5. The molecule has 20 heavy (non-hydrogen) atoms. The van der Waals surface area contributed by atoms with Gasteiger partial charge in [0.1, 0.15) is 0 Å². The fourth-order valence-electron chi connectivity index (χ4n) is 1.95. The highest BCUT2D eigenvalue weighted by Crippen LogP contribution is 2.19. The second-order valence-corrected chi connectivity index (χ2v) is 6.30. The third-order valence-electron chi connectivity index (χ3n) is 2.91. The summed E-state index contributed by atoms with van der Waals surface area (Å²) in [4.78, 5) is 0. The maximum atomic E-state index is 12.2. The van der Waals surface area contributed by atoms with Gasteiger partial charge in [-0.1, -0.05) is 25.1 Å². The number of benzene rings is 1. The molecule has 0 fully saturated rings. The van der Waals surface area contributed by atoms with Gasteiger partial charge in [0, 0.05) is 18.9 Å². The van der Waals surface area contributed by atoms with E-state index in [1.165, 1.54) is 0 Å². The number of nitrogens with one attached hydrogen (secondary N) is 1. The summed E-state index contributed by atoms with van der Waals surface area (Å²) in [6.07, 6.45) is 2.32. The lowest BCUT2D eigenvalue weighted by molar-refractivity contribution is 0.600. The highest BCUT2D eigenvalue weighted by Gasteiger charge is 2.16. The lowest BCUT2D eigenvalue weighted by atomic mass is 10.2. The van der Waals surface area contributed by atoms with E-state index in [0.29, 0.717) is 23.4 Å². The molecule has 0 spiro atoms. The summed E-state index contributed by atoms with van der Waals surface area (Å²) in [5.74, 6) is -0.155. The van der Waals surface area contributed by atoms with Crippen LogP contribution in [0.25, 0.3) is 0 Å². The first kappa shape index (κ1) is 14.4. The van der Waals surface area contributed by atoms with Crippen molar-refractivity contribution in [3.05, 3.63) is 41.7 Å². The van der Waals surface area contributed by atoms with Gasteiger partial charge >= 0.3 is 0 Å². The van der Waals surface area contributed by atoms with E-state index in [-0.39, 0.29) is 5.75 Å². The summed E-state index contributed by atoms with van der Waals surface area (Å²) in [6, 6.07) is 6.93. The zero-order valence-corrected chi connectivity index (χ0v) is 12.3. The summed E-state index contributed by atoms with van der Waals surface area (Å²) in [5.41, 5.74) is 8.07. The maximum Gasteiger partial charge on any atom is 0.237 e. The molecule has 1 aromatic carbocycles. The van der Waals surface area contributed by atoms with Crippen LogP contribution in [-0.4, -0.2) is 18.2 Å². The van der Waals surface area contributed by atoms with Crippen LogP contribution < -0.4 is 10.5 Å². The standard InChI is InChI=1S/C13H18N4O2S/c1-3-12-13(8-17(2)15-12)16-20(18,19)9-10-6-4-5-7-11(10)14/h4-8,16H,3,9,14H2,1-2H3. The Morgan fingerprint density at radius 3 is 2.70 bits per heavy atom. The third kappa shape index (κ3) is 3.30. The Morgan fingerprint density at radius 1 is 1.35 bits per heavy atom. The Bertz CT molecular complexity index is 707. The van der Waals surface area contributed by atoms with Crippen LogP contribution in [0.2, 0.25) is 0 Å². The first-order valence-corrected chi connectivity index (χ1v) is 7.93. The average Bonchev–Trinajstić information content (AvgIpc) is 2.71.